The molecule has 2 aromatic rings. The van der Waals surface area contributed by atoms with Crippen LogP contribution in [0.5, 0.6) is 0 Å². The molecule has 2 rings (SSSR count). The van der Waals surface area contributed by atoms with Crippen molar-refractivity contribution in [2.75, 3.05) is 5.32 Å². The predicted octanol–water partition coefficient (Wildman–Crippen LogP) is 4.34. The van der Waals surface area contributed by atoms with Crippen LogP contribution in [0.4, 0.5) is 20.2 Å². The van der Waals surface area contributed by atoms with Crippen LogP contribution in [0.3, 0.4) is 0 Å². The van der Waals surface area contributed by atoms with E-state index in [1.807, 2.05) is 6.07 Å². The van der Waals surface area contributed by atoms with Crippen molar-refractivity contribution in [2.45, 2.75) is 0 Å². The summed E-state index contributed by atoms with van der Waals surface area (Å²) in [7, 11) is 0. The van der Waals surface area contributed by atoms with Crippen molar-refractivity contribution in [2.24, 2.45) is 0 Å². The van der Waals surface area contributed by atoms with Gasteiger partial charge in [0.2, 0.25) is 0 Å². The molecule has 18 heavy (non-hydrogen) atoms. The highest BCUT2D eigenvalue weighted by molar-refractivity contribution is 9.10. The number of anilines is 2. The fraction of sp³-hybridized carbons (Fsp3) is 0. The third-order valence-corrected chi connectivity index (χ3v) is 2.99. The fourth-order valence-corrected chi connectivity index (χ4v) is 1.91. The minimum Gasteiger partial charge on any atom is -0.351 e. The Labute approximate surface area is 111 Å². The van der Waals surface area contributed by atoms with Gasteiger partial charge in [-0.1, -0.05) is 6.07 Å². The van der Waals surface area contributed by atoms with Crippen molar-refractivity contribution >= 4 is 27.3 Å². The first-order valence-electron chi connectivity index (χ1n) is 5.02. The Morgan fingerprint density at radius 3 is 2.61 bits per heavy atom. The molecule has 0 bridgehead atoms. The molecule has 0 aliphatic rings. The van der Waals surface area contributed by atoms with Crippen LogP contribution >= 0.6 is 15.9 Å². The zero-order valence-electron chi connectivity index (χ0n) is 9.05. The van der Waals surface area contributed by atoms with E-state index in [1.54, 1.807) is 12.1 Å². The molecule has 0 amide bonds. The number of para-hydroxylation sites is 1. The van der Waals surface area contributed by atoms with Crippen molar-refractivity contribution < 1.29 is 8.78 Å². The molecule has 1 N–H and O–H groups in total. The lowest BCUT2D eigenvalue weighted by atomic mass is 10.2. The summed E-state index contributed by atoms with van der Waals surface area (Å²) in [6.45, 7) is 0. The third-order valence-electron chi connectivity index (χ3n) is 2.32. The second-order valence-electron chi connectivity index (χ2n) is 3.52. The Hall–Kier alpha value is -1.93. The highest BCUT2D eigenvalue weighted by atomic mass is 79.9. The monoisotopic (exact) mass is 308 g/mol. The maximum Gasteiger partial charge on any atom is 0.147 e. The fourth-order valence-electron chi connectivity index (χ4n) is 1.47. The van der Waals surface area contributed by atoms with Gasteiger partial charge >= 0.3 is 0 Å². The largest absolute Gasteiger partial charge is 0.351 e. The summed E-state index contributed by atoms with van der Waals surface area (Å²) < 4.78 is 27.1. The van der Waals surface area contributed by atoms with Crippen LogP contribution in [0.15, 0.2) is 40.9 Å². The molecule has 0 saturated carbocycles. The van der Waals surface area contributed by atoms with Crippen molar-refractivity contribution in [1.82, 2.24) is 0 Å². The first-order valence-corrected chi connectivity index (χ1v) is 5.82. The maximum atomic E-state index is 13.6. The van der Waals surface area contributed by atoms with Gasteiger partial charge in [-0.2, -0.15) is 5.26 Å². The van der Waals surface area contributed by atoms with E-state index in [0.29, 0.717) is 10.2 Å². The number of nitrogens with one attached hydrogen (secondary N) is 1. The normalized spacial score (nSPS) is 9.89. The predicted molar refractivity (Wildman–Crippen MR) is 68.5 cm³/mol. The zero-order valence-corrected chi connectivity index (χ0v) is 10.6. The van der Waals surface area contributed by atoms with Crippen molar-refractivity contribution in [3.8, 4) is 6.07 Å². The van der Waals surface area contributed by atoms with Gasteiger partial charge in [-0.25, -0.2) is 8.78 Å². The van der Waals surface area contributed by atoms with Crippen LogP contribution in [0.1, 0.15) is 5.56 Å². The second-order valence-corrected chi connectivity index (χ2v) is 4.38. The summed E-state index contributed by atoms with van der Waals surface area (Å²) in [5.41, 5.74) is 0.676. The number of rotatable bonds is 2. The molecule has 2 aromatic carbocycles. The molecule has 0 aromatic heterocycles. The van der Waals surface area contributed by atoms with E-state index in [4.69, 9.17) is 5.26 Å². The van der Waals surface area contributed by atoms with Crippen molar-refractivity contribution in [3.05, 3.63) is 58.1 Å². The quantitative estimate of drug-likeness (QED) is 0.895. The summed E-state index contributed by atoms with van der Waals surface area (Å²) in [6, 6.07) is 10.1. The number of hydrogen-bond acceptors (Lipinski definition) is 2. The molecule has 0 radical (unpaired) electrons. The number of benzene rings is 2. The van der Waals surface area contributed by atoms with Gasteiger partial charge in [-0.3, -0.25) is 0 Å². The first kappa shape index (κ1) is 12.5. The maximum absolute atomic E-state index is 13.6. The zero-order chi connectivity index (χ0) is 13.1. The Balaban J connectivity index is 2.44. The molecule has 0 aliphatic heterocycles. The highest BCUT2D eigenvalue weighted by Gasteiger charge is 2.09. The second kappa shape index (κ2) is 5.15. The van der Waals surface area contributed by atoms with E-state index < -0.39 is 11.6 Å². The van der Waals surface area contributed by atoms with E-state index >= 15 is 0 Å². The number of halogens is 3. The average molecular weight is 309 g/mol. The highest BCUT2D eigenvalue weighted by Crippen LogP contribution is 2.29. The van der Waals surface area contributed by atoms with Crippen LogP contribution in [-0.4, -0.2) is 0 Å². The minimum absolute atomic E-state index is 0.116. The Morgan fingerprint density at radius 2 is 1.94 bits per heavy atom. The van der Waals surface area contributed by atoms with Crippen LogP contribution in [-0.2, 0) is 0 Å². The smallest absolute Gasteiger partial charge is 0.147 e. The SMILES string of the molecule is N#Cc1cc(F)ccc1Nc1c(F)cccc1Br. The molecule has 0 spiro atoms. The Morgan fingerprint density at radius 1 is 1.17 bits per heavy atom. The number of nitriles is 1. The van der Waals surface area contributed by atoms with Crippen LogP contribution in [0.2, 0.25) is 0 Å². The van der Waals surface area contributed by atoms with Crippen LogP contribution < -0.4 is 5.32 Å². The first-order chi connectivity index (χ1) is 8.61. The van der Waals surface area contributed by atoms with Crippen LogP contribution in [0, 0.1) is 23.0 Å². The molecule has 5 heteroatoms. The van der Waals surface area contributed by atoms with E-state index in [2.05, 4.69) is 21.2 Å². The van der Waals surface area contributed by atoms with Gasteiger partial charge in [0, 0.05) is 4.47 Å². The summed E-state index contributed by atoms with van der Waals surface area (Å²) in [4.78, 5) is 0. The van der Waals surface area contributed by atoms with Gasteiger partial charge in [0.15, 0.2) is 0 Å². The molecule has 0 atom stereocenters. The van der Waals surface area contributed by atoms with E-state index in [9.17, 15) is 8.78 Å². The van der Waals surface area contributed by atoms with Gasteiger partial charge in [0.1, 0.15) is 17.7 Å². The lowest BCUT2D eigenvalue weighted by Crippen LogP contribution is -1.97. The average Bonchev–Trinajstić information content (AvgIpc) is 2.35. The minimum atomic E-state index is -0.510. The van der Waals surface area contributed by atoms with Crippen molar-refractivity contribution in [1.29, 1.82) is 5.26 Å². The lowest BCUT2D eigenvalue weighted by Gasteiger charge is -2.10. The topological polar surface area (TPSA) is 35.8 Å². The van der Waals surface area contributed by atoms with E-state index in [1.165, 1.54) is 18.2 Å². The van der Waals surface area contributed by atoms with Gasteiger partial charge in [0.05, 0.1) is 16.9 Å². The molecule has 0 unspecified atom stereocenters. The third kappa shape index (κ3) is 2.49. The van der Waals surface area contributed by atoms with Gasteiger partial charge < -0.3 is 5.32 Å². The number of hydrogen-bond donors (Lipinski definition) is 1. The Bertz CT molecular complexity index is 615. The van der Waals surface area contributed by atoms with Gasteiger partial charge in [-0.05, 0) is 46.3 Å². The van der Waals surface area contributed by atoms with Crippen molar-refractivity contribution in [3.63, 3.8) is 0 Å². The molecule has 0 aliphatic carbocycles. The number of nitrogens with zero attached hydrogens (tertiary/aromatic N) is 1. The molecule has 0 fully saturated rings. The van der Waals surface area contributed by atoms with E-state index in [-0.39, 0.29) is 11.3 Å². The summed E-state index contributed by atoms with van der Waals surface area (Å²) in [5, 5.41) is 11.7. The molecular weight excluding hydrogens is 302 g/mol. The standard InChI is InChI=1S/C13H7BrF2N2/c14-10-2-1-3-11(16)13(10)18-12-5-4-9(15)6-8(12)7-17/h1-6,18H. The van der Waals surface area contributed by atoms with Crippen LogP contribution in [0.25, 0.3) is 0 Å². The molecule has 90 valence electrons. The van der Waals surface area contributed by atoms with Gasteiger partial charge in [0.25, 0.3) is 0 Å². The molecule has 0 heterocycles. The summed E-state index contributed by atoms with van der Waals surface area (Å²) >= 11 is 3.21. The summed E-state index contributed by atoms with van der Waals surface area (Å²) in [6.07, 6.45) is 0. The lowest BCUT2D eigenvalue weighted by molar-refractivity contribution is 0.627. The van der Waals surface area contributed by atoms with Gasteiger partial charge in [-0.15, -0.1) is 0 Å². The molecule has 0 saturated heterocycles. The molecular formula is C13H7BrF2N2. The Kier molecular flexibility index (Phi) is 3.58. The molecule has 2 nitrogen and oxygen atoms in total. The van der Waals surface area contributed by atoms with E-state index in [0.717, 1.165) is 6.07 Å². The summed E-state index contributed by atoms with van der Waals surface area (Å²) in [5.74, 6) is -0.970.